The molecule has 0 amide bonds. The lowest BCUT2D eigenvalue weighted by Gasteiger charge is -2.25. The fourth-order valence-electron chi connectivity index (χ4n) is 1.60. The number of anilines is 1. The number of hydrogen-bond acceptors (Lipinski definition) is 2. The van der Waals surface area contributed by atoms with E-state index in [-0.39, 0.29) is 0 Å². The van der Waals surface area contributed by atoms with Gasteiger partial charge in [-0.25, -0.2) is 0 Å². The van der Waals surface area contributed by atoms with Gasteiger partial charge in [0.2, 0.25) is 0 Å². The molecule has 0 saturated heterocycles. The molecule has 0 unspecified atom stereocenters. The normalized spacial score (nSPS) is 14.4. The van der Waals surface area contributed by atoms with Crippen molar-refractivity contribution in [1.82, 2.24) is 0 Å². The largest absolute Gasteiger partial charge is 0.364 e. The highest BCUT2D eigenvalue weighted by Gasteiger charge is 2.10. The van der Waals surface area contributed by atoms with Gasteiger partial charge in [0.1, 0.15) is 6.73 Å². The van der Waals surface area contributed by atoms with Crippen molar-refractivity contribution < 1.29 is 4.74 Å². The third-order valence-electron chi connectivity index (χ3n) is 2.19. The van der Waals surface area contributed by atoms with Crippen LogP contribution in [0.4, 0.5) is 5.69 Å². The number of rotatable bonds is 2. The summed E-state index contributed by atoms with van der Waals surface area (Å²) >= 11 is 0. The predicted molar refractivity (Wildman–Crippen MR) is 53.6 cm³/mol. The molecule has 2 heteroatoms. The molecule has 1 aliphatic rings. The van der Waals surface area contributed by atoms with E-state index in [0.29, 0.717) is 6.73 Å². The Balaban J connectivity index is 2.31. The minimum absolute atomic E-state index is 0.619. The Morgan fingerprint density at radius 2 is 2.23 bits per heavy atom. The Hall–Kier alpha value is -1.28. The molecule has 1 aromatic carbocycles. The van der Waals surface area contributed by atoms with Crippen molar-refractivity contribution in [2.75, 3.05) is 18.7 Å². The van der Waals surface area contributed by atoms with E-state index in [1.165, 1.54) is 11.3 Å². The minimum Gasteiger partial charge on any atom is -0.364 e. The standard InChI is InChI=1S/C11H13NO/c1-13-9-12-8-4-6-10-5-2-3-7-11(10)12/h2-5,7-8H,6,9H2,1H3. The zero-order valence-electron chi connectivity index (χ0n) is 7.73. The van der Waals surface area contributed by atoms with Crippen LogP contribution >= 0.6 is 0 Å². The van der Waals surface area contributed by atoms with E-state index in [2.05, 4.69) is 41.4 Å². The van der Waals surface area contributed by atoms with Crippen LogP contribution in [0.15, 0.2) is 36.5 Å². The second kappa shape index (κ2) is 3.62. The van der Waals surface area contributed by atoms with Gasteiger partial charge in [0.15, 0.2) is 0 Å². The van der Waals surface area contributed by atoms with Crippen molar-refractivity contribution in [3.05, 3.63) is 42.1 Å². The molecule has 1 aromatic rings. The second-order valence-corrected chi connectivity index (χ2v) is 3.11. The van der Waals surface area contributed by atoms with Gasteiger partial charge >= 0.3 is 0 Å². The topological polar surface area (TPSA) is 12.5 Å². The fourth-order valence-corrected chi connectivity index (χ4v) is 1.60. The fraction of sp³-hybridized carbons (Fsp3) is 0.273. The maximum Gasteiger partial charge on any atom is 0.122 e. The van der Waals surface area contributed by atoms with Crippen LogP contribution < -0.4 is 4.90 Å². The molecule has 0 fully saturated rings. The molecule has 0 spiro atoms. The average Bonchev–Trinajstić information content (AvgIpc) is 2.19. The molecule has 0 atom stereocenters. The number of nitrogens with zero attached hydrogens (tertiary/aromatic N) is 1. The number of ether oxygens (including phenoxy) is 1. The van der Waals surface area contributed by atoms with E-state index in [1.807, 2.05) is 0 Å². The Bertz CT molecular complexity index is 320. The molecule has 0 aromatic heterocycles. The van der Waals surface area contributed by atoms with Crippen LogP contribution in [0.2, 0.25) is 0 Å². The second-order valence-electron chi connectivity index (χ2n) is 3.11. The number of para-hydroxylation sites is 1. The van der Waals surface area contributed by atoms with Gasteiger partial charge in [-0.3, -0.25) is 0 Å². The van der Waals surface area contributed by atoms with E-state index in [0.717, 1.165) is 6.42 Å². The summed E-state index contributed by atoms with van der Waals surface area (Å²) in [6.07, 6.45) is 5.25. The van der Waals surface area contributed by atoms with Gasteiger partial charge in [0.05, 0.1) is 0 Å². The van der Waals surface area contributed by atoms with Crippen LogP contribution in [-0.2, 0) is 11.2 Å². The number of methoxy groups -OCH3 is 1. The Labute approximate surface area is 78.4 Å². The monoisotopic (exact) mass is 175 g/mol. The summed E-state index contributed by atoms with van der Waals surface area (Å²) in [6, 6.07) is 8.41. The zero-order valence-corrected chi connectivity index (χ0v) is 7.73. The molecular formula is C11H13NO. The minimum atomic E-state index is 0.619. The van der Waals surface area contributed by atoms with Gasteiger partial charge in [0, 0.05) is 19.0 Å². The first-order chi connectivity index (χ1) is 6.42. The number of fused-ring (bicyclic) bond motifs is 1. The maximum atomic E-state index is 5.11. The van der Waals surface area contributed by atoms with E-state index in [4.69, 9.17) is 4.74 Å². The Morgan fingerprint density at radius 1 is 1.38 bits per heavy atom. The molecule has 1 aliphatic heterocycles. The predicted octanol–water partition coefficient (Wildman–Crippen LogP) is 2.17. The number of benzene rings is 1. The molecule has 13 heavy (non-hydrogen) atoms. The van der Waals surface area contributed by atoms with Crippen LogP contribution in [0.25, 0.3) is 0 Å². The van der Waals surface area contributed by atoms with Crippen molar-refractivity contribution in [2.45, 2.75) is 6.42 Å². The number of hydrogen-bond donors (Lipinski definition) is 0. The summed E-state index contributed by atoms with van der Waals surface area (Å²) in [5.41, 5.74) is 2.62. The highest BCUT2D eigenvalue weighted by Crippen LogP contribution is 2.24. The third kappa shape index (κ3) is 1.58. The summed E-state index contributed by atoms with van der Waals surface area (Å²) in [7, 11) is 1.71. The summed E-state index contributed by atoms with van der Waals surface area (Å²) in [5.74, 6) is 0. The van der Waals surface area contributed by atoms with Gasteiger partial charge in [-0.2, -0.15) is 0 Å². The molecule has 0 bridgehead atoms. The average molecular weight is 175 g/mol. The highest BCUT2D eigenvalue weighted by molar-refractivity contribution is 5.58. The molecule has 68 valence electrons. The van der Waals surface area contributed by atoms with Crippen LogP contribution in [0.5, 0.6) is 0 Å². The van der Waals surface area contributed by atoms with Gasteiger partial charge in [0.25, 0.3) is 0 Å². The Morgan fingerprint density at radius 3 is 3.08 bits per heavy atom. The van der Waals surface area contributed by atoms with Gasteiger partial charge in [-0.15, -0.1) is 0 Å². The first kappa shape index (κ1) is 8.32. The van der Waals surface area contributed by atoms with Crippen molar-refractivity contribution in [2.24, 2.45) is 0 Å². The van der Waals surface area contributed by atoms with Crippen LogP contribution in [0, 0.1) is 0 Å². The lowest BCUT2D eigenvalue weighted by Crippen LogP contribution is -2.22. The van der Waals surface area contributed by atoms with E-state index >= 15 is 0 Å². The SMILES string of the molecule is COCN1C=CCc2ccccc21. The van der Waals surface area contributed by atoms with Crippen LogP contribution in [0.1, 0.15) is 5.56 Å². The summed E-state index contributed by atoms with van der Waals surface area (Å²) in [6.45, 7) is 0.619. The quantitative estimate of drug-likeness (QED) is 0.683. The highest BCUT2D eigenvalue weighted by atomic mass is 16.5. The summed E-state index contributed by atoms with van der Waals surface area (Å²) in [5, 5.41) is 0. The van der Waals surface area contributed by atoms with Gasteiger partial charge in [-0.05, 0) is 18.1 Å². The van der Waals surface area contributed by atoms with E-state index in [1.54, 1.807) is 7.11 Å². The van der Waals surface area contributed by atoms with E-state index < -0.39 is 0 Å². The maximum absolute atomic E-state index is 5.11. The first-order valence-corrected chi connectivity index (χ1v) is 4.42. The summed E-state index contributed by atoms with van der Waals surface area (Å²) < 4.78 is 5.11. The Kier molecular flexibility index (Phi) is 2.32. The van der Waals surface area contributed by atoms with Crippen molar-refractivity contribution in [3.8, 4) is 0 Å². The van der Waals surface area contributed by atoms with Gasteiger partial charge in [-0.1, -0.05) is 24.3 Å². The van der Waals surface area contributed by atoms with Crippen molar-refractivity contribution in [3.63, 3.8) is 0 Å². The van der Waals surface area contributed by atoms with Crippen LogP contribution in [0.3, 0.4) is 0 Å². The molecule has 0 radical (unpaired) electrons. The molecule has 0 aliphatic carbocycles. The van der Waals surface area contributed by atoms with Crippen molar-refractivity contribution >= 4 is 5.69 Å². The van der Waals surface area contributed by atoms with Crippen molar-refractivity contribution in [1.29, 1.82) is 0 Å². The lowest BCUT2D eigenvalue weighted by molar-refractivity contribution is 0.205. The molecular weight excluding hydrogens is 162 g/mol. The van der Waals surface area contributed by atoms with Crippen LogP contribution in [-0.4, -0.2) is 13.8 Å². The molecule has 1 heterocycles. The summed E-state index contributed by atoms with van der Waals surface area (Å²) in [4.78, 5) is 2.11. The third-order valence-corrected chi connectivity index (χ3v) is 2.19. The lowest BCUT2D eigenvalue weighted by atomic mass is 10.1. The zero-order chi connectivity index (χ0) is 9.10. The smallest absolute Gasteiger partial charge is 0.122 e. The van der Waals surface area contributed by atoms with Gasteiger partial charge < -0.3 is 9.64 Å². The number of allylic oxidation sites excluding steroid dienone is 1. The molecule has 2 rings (SSSR count). The molecule has 2 nitrogen and oxygen atoms in total. The molecule has 0 N–H and O–H groups in total. The van der Waals surface area contributed by atoms with E-state index in [9.17, 15) is 0 Å². The molecule has 0 saturated carbocycles. The first-order valence-electron chi connectivity index (χ1n) is 4.42.